The second kappa shape index (κ2) is 6.25. The molecule has 0 aliphatic carbocycles. The predicted molar refractivity (Wildman–Crippen MR) is 80.6 cm³/mol. The highest BCUT2D eigenvalue weighted by atomic mass is 79.9. The molecule has 1 fully saturated rings. The maximum Gasteiger partial charge on any atom is 0.119 e. The molecule has 0 radical (unpaired) electrons. The van der Waals surface area contributed by atoms with Crippen molar-refractivity contribution in [2.45, 2.75) is 31.8 Å². The first-order valence-electron chi connectivity index (χ1n) is 6.78. The standard InChI is InChI=1S/C15H22BrNO2/c1-15(18,12-4-3-7-17-10-12)9-11-8-13(19-2)5-6-14(11)16/h5-6,8,12,17-18H,3-4,7,9-10H2,1-2H3. The smallest absolute Gasteiger partial charge is 0.119 e. The molecule has 0 amide bonds. The Hall–Kier alpha value is -0.580. The summed E-state index contributed by atoms with van der Waals surface area (Å²) in [6, 6.07) is 5.89. The number of benzene rings is 1. The lowest BCUT2D eigenvalue weighted by Gasteiger charge is -2.36. The maximum absolute atomic E-state index is 10.8. The topological polar surface area (TPSA) is 41.5 Å². The van der Waals surface area contributed by atoms with Crippen molar-refractivity contribution in [3.8, 4) is 5.75 Å². The number of hydrogen-bond donors (Lipinski definition) is 2. The van der Waals surface area contributed by atoms with Gasteiger partial charge in [0.1, 0.15) is 5.75 Å². The lowest BCUT2D eigenvalue weighted by atomic mass is 9.79. The quantitative estimate of drug-likeness (QED) is 0.893. The van der Waals surface area contributed by atoms with Crippen LogP contribution in [0.1, 0.15) is 25.3 Å². The van der Waals surface area contributed by atoms with E-state index in [1.165, 1.54) is 0 Å². The number of aliphatic hydroxyl groups is 1. The van der Waals surface area contributed by atoms with E-state index in [1.807, 2.05) is 25.1 Å². The summed E-state index contributed by atoms with van der Waals surface area (Å²) in [7, 11) is 1.66. The molecule has 2 N–H and O–H groups in total. The summed E-state index contributed by atoms with van der Waals surface area (Å²) in [6.07, 6.45) is 2.86. The molecule has 0 aromatic heterocycles. The van der Waals surface area contributed by atoms with Crippen LogP contribution in [0.3, 0.4) is 0 Å². The van der Waals surface area contributed by atoms with E-state index in [2.05, 4.69) is 21.2 Å². The third kappa shape index (κ3) is 3.71. The molecule has 1 aliphatic rings. The number of halogens is 1. The molecule has 2 rings (SSSR count). The summed E-state index contributed by atoms with van der Waals surface area (Å²) < 4.78 is 6.28. The van der Waals surface area contributed by atoms with Crippen LogP contribution in [0.5, 0.6) is 5.75 Å². The van der Waals surface area contributed by atoms with Gasteiger partial charge in [0.2, 0.25) is 0 Å². The van der Waals surface area contributed by atoms with Crippen molar-refractivity contribution in [3.05, 3.63) is 28.2 Å². The first-order valence-corrected chi connectivity index (χ1v) is 7.58. The van der Waals surface area contributed by atoms with Crippen LogP contribution in [0.2, 0.25) is 0 Å². The van der Waals surface area contributed by atoms with Gasteiger partial charge in [-0.05, 0) is 50.1 Å². The summed E-state index contributed by atoms with van der Waals surface area (Å²) in [5, 5.41) is 14.1. The van der Waals surface area contributed by atoms with Crippen molar-refractivity contribution in [1.82, 2.24) is 5.32 Å². The number of methoxy groups -OCH3 is 1. The second-order valence-electron chi connectivity index (χ2n) is 5.53. The zero-order valence-electron chi connectivity index (χ0n) is 11.6. The highest BCUT2D eigenvalue weighted by Crippen LogP contribution is 2.31. The van der Waals surface area contributed by atoms with Gasteiger partial charge in [0.15, 0.2) is 0 Å². The zero-order chi connectivity index (χ0) is 13.9. The Balaban J connectivity index is 2.14. The molecule has 1 aromatic rings. The molecule has 0 spiro atoms. The first-order chi connectivity index (χ1) is 9.03. The molecule has 1 aromatic carbocycles. The van der Waals surface area contributed by atoms with E-state index in [0.29, 0.717) is 12.3 Å². The number of ether oxygens (including phenoxy) is 1. The van der Waals surface area contributed by atoms with Crippen LogP contribution in [-0.4, -0.2) is 30.9 Å². The fraction of sp³-hybridized carbons (Fsp3) is 0.600. The Morgan fingerprint density at radius 1 is 1.53 bits per heavy atom. The monoisotopic (exact) mass is 327 g/mol. The predicted octanol–water partition coefficient (Wildman–Crippen LogP) is 2.75. The fourth-order valence-electron chi connectivity index (χ4n) is 2.73. The summed E-state index contributed by atoms with van der Waals surface area (Å²) in [4.78, 5) is 0. The Kier molecular flexibility index (Phi) is 4.87. The van der Waals surface area contributed by atoms with Gasteiger partial charge in [0.25, 0.3) is 0 Å². The highest BCUT2D eigenvalue weighted by Gasteiger charge is 2.33. The van der Waals surface area contributed by atoms with Crippen LogP contribution in [0.4, 0.5) is 0 Å². The van der Waals surface area contributed by atoms with Crippen LogP contribution in [0.15, 0.2) is 22.7 Å². The molecule has 1 saturated heterocycles. The first kappa shape index (κ1) is 14.8. The largest absolute Gasteiger partial charge is 0.497 e. The SMILES string of the molecule is COc1ccc(Br)c(CC(C)(O)C2CCCNC2)c1. The van der Waals surface area contributed by atoms with Gasteiger partial charge in [-0.15, -0.1) is 0 Å². The van der Waals surface area contributed by atoms with Crippen molar-refractivity contribution < 1.29 is 9.84 Å². The van der Waals surface area contributed by atoms with E-state index in [4.69, 9.17) is 4.74 Å². The normalized spacial score (nSPS) is 22.8. The van der Waals surface area contributed by atoms with Crippen molar-refractivity contribution in [2.24, 2.45) is 5.92 Å². The van der Waals surface area contributed by atoms with Crippen molar-refractivity contribution in [3.63, 3.8) is 0 Å². The number of piperidine rings is 1. The minimum atomic E-state index is -0.692. The van der Waals surface area contributed by atoms with E-state index in [0.717, 1.165) is 41.7 Å². The maximum atomic E-state index is 10.8. The van der Waals surface area contributed by atoms with E-state index >= 15 is 0 Å². The van der Waals surface area contributed by atoms with Gasteiger partial charge in [-0.2, -0.15) is 0 Å². The van der Waals surface area contributed by atoms with Crippen LogP contribution >= 0.6 is 15.9 Å². The van der Waals surface area contributed by atoms with Crippen LogP contribution in [-0.2, 0) is 6.42 Å². The summed E-state index contributed by atoms with van der Waals surface area (Å²) in [5.74, 6) is 1.13. The number of hydrogen-bond acceptors (Lipinski definition) is 3. The summed E-state index contributed by atoms with van der Waals surface area (Å²) in [6.45, 7) is 3.90. The molecule has 2 atom stereocenters. The van der Waals surface area contributed by atoms with Gasteiger partial charge in [0.05, 0.1) is 12.7 Å². The highest BCUT2D eigenvalue weighted by molar-refractivity contribution is 9.10. The van der Waals surface area contributed by atoms with Gasteiger partial charge in [-0.3, -0.25) is 0 Å². The molecule has 3 nitrogen and oxygen atoms in total. The molecule has 0 saturated carbocycles. The Labute approximate surface area is 123 Å². The van der Waals surface area contributed by atoms with E-state index in [9.17, 15) is 5.11 Å². The molecule has 0 bridgehead atoms. The molecule has 2 unspecified atom stereocenters. The zero-order valence-corrected chi connectivity index (χ0v) is 13.2. The van der Waals surface area contributed by atoms with Crippen LogP contribution in [0, 0.1) is 5.92 Å². The Morgan fingerprint density at radius 3 is 2.95 bits per heavy atom. The van der Waals surface area contributed by atoms with Crippen molar-refractivity contribution in [2.75, 3.05) is 20.2 Å². The third-order valence-electron chi connectivity index (χ3n) is 3.98. The molecule has 106 valence electrons. The fourth-order valence-corrected chi connectivity index (χ4v) is 3.11. The summed E-state index contributed by atoms with van der Waals surface area (Å²) in [5.41, 5.74) is 0.400. The average molecular weight is 328 g/mol. The van der Waals surface area contributed by atoms with Gasteiger partial charge >= 0.3 is 0 Å². The third-order valence-corrected chi connectivity index (χ3v) is 4.75. The number of nitrogens with one attached hydrogen (secondary N) is 1. The second-order valence-corrected chi connectivity index (χ2v) is 6.39. The van der Waals surface area contributed by atoms with Gasteiger partial charge < -0.3 is 15.2 Å². The van der Waals surface area contributed by atoms with Crippen molar-refractivity contribution >= 4 is 15.9 Å². The lowest BCUT2D eigenvalue weighted by Crippen LogP contribution is -2.45. The molecule has 19 heavy (non-hydrogen) atoms. The summed E-state index contributed by atoms with van der Waals surface area (Å²) >= 11 is 3.55. The Morgan fingerprint density at radius 2 is 2.32 bits per heavy atom. The van der Waals surface area contributed by atoms with Gasteiger partial charge in [0, 0.05) is 23.4 Å². The molecule has 1 heterocycles. The van der Waals surface area contributed by atoms with E-state index < -0.39 is 5.60 Å². The molecule has 4 heteroatoms. The molecular weight excluding hydrogens is 306 g/mol. The molecular formula is C15H22BrNO2. The lowest BCUT2D eigenvalue weighted by molar-refractivity contribution is -0.0103. The molecule has 1 aliphatic heterocycles. The van der Waals surface area contributed by atoms with E-state index in [-0.39, 0.29) is 0 Å². The van der Waals surface area contributed by atoms with Crippen LogP contribution < -0.4 is 10.1 Å². The minimum absolute atomic E-state index is 0.305. The number of rotatable bonds is 4. The van der Waals surface area contributed by atoms with Gasteiger partial charge in [-0.25, -0.2) is 0 Å². The van der Waals surface area contributed by atoms with E-state index in [1.54, 1.807) is 7.11 Å². The van der Waals surface area contributed by atoms with Crippen molar-refractivity contribution in [1.29, 1.82) is 0 Å². The average Bonchev–Trinajstić information content (AvgIpc) is 2.42. The van der Waals surface area contributed by atoms with Crippen LogP contribution in [0.25, 0.3) is 0 Å². The Bertz CT molecular complexity index is 428. The van der Waals surface area contributed by atoms with Gasteiger partial charge in [-0.1, -0.05) is 15.9 Å². The minimum Gasteiger partial charge on any atom is -0.497 e.